The molecule has 21 heavy (non-hydrogen) atoms. The first-order valence-electron chi connectivity index (χ1n) is 6.02. The van der Waals surface area contributed by atoms with Gasteiger partial charge in [-0.3, -0.25) is 14.8 Å². The SMILES string of the molecule is CCC(=O)O/N=C/c1cn(C)nc1-c1ccc([N+](=O)[O-])o1. The Balaban J connectivity index is 2.27. The van der Waals surface area contributed by atoms with Crippen LogP contribution in [0.4, 0.5) is 5.88 Å². The molecule has 0 bridgehead atoms. The van der Waals surface area contributed by atoms with Gasteiger partial charge in [-0.2, -0.15) is 5.10 Å². The summed E-state index contributed by atoms with van der Waals surface area (Å²) in [6.45, 7) is 1.65. The minimum absolute atomic E-state index is 0.210. The van der Waals surface area contributed by atoms with Gasteiger partial charge < -0.3 is 9.25 Å². The highest BCUT2D eigenvalue weighted by Gasteiger charge is 2.17. The van der Waals surface area contributed by atoms with Crippen LogP contribution in [0.2, 0.25) is 0 Å². The molecular formula is C12H12N4O5. The lowest BCUT2D eigenvalue weighted by atomic mass is 10.2. The van der Waals surface area contributed by atoms with Gasteiger partial charge in [0, 0.05) is 25.2 Å². The number of nitro groups is 1. The standard InChI is InChI=1S/C12H12N4O5/c1-3-11(17)21-13-6-8-7-15(2)14-12(8)9-4-5-10(20-9)16(18)19/h4-7H,3H2,1-2H3/b13-6+. The van der Waals surface area contributed by atoms with E-state index in [1.807, 2.05) is 0 Å². The van der Waals surface area contributed by atoms with Crippen LogP contribution in [0.5, 0.6) is 0 Å². The molecule has 0 aliphatic rings. The zero-order valence-electron chi connectivity index (χ0n) is 11.3. The normalized spacial score (nSPS) is 11.0. The van der Waals surface area contributed by atoms with E-state index in [0.29, 0.717) is 11.3 Å². The third-order valence-corrected chi connectivity index (χ3v) is 2.50. The van der Waals surface area contributed by atoms with Gasteiger partial charge in [-0.05, 0) is 6.07 Å². The van der Waals surface area contributed by atoms with E-state index in [2.05, 4.69) is 15.1 Å². The molecule has 2 heterocycles. The Bertz CT molecular complexity index is 700. The summed E-state index contributed by atoms with van der Waals surface area (Å²) in [5.74, 6) is -0.619. The number of nitrogens with zero attached hydrogens (tertiary/aromatic N) is 4. The van der Waals surface area contributed by atoms with E-state index < -0.39 is 10.9 Å². The van der Waals surface area contributed by atoms with Gasteiger partial charge in [0.25, 0.3) is 0 Å². The number of hydrogen-bond donors (Lipinski definition) is 0. The van der Waals surface area contributed by atoms with Crippen molar-refractivity contribution in [2.75, 3.05) is 0 Å². The van der Waals surface area contributed by atoms with Crippen molar-refractivity contribution >= 4 is 18.1 Å². The second kappa shape index (κ2) is 5.99. The molecule has 0 amide bonds. The fraction of sp³-hybridized carbons (Fsp3) is 0.250. The lowest BCUT2D eigenvalue weighted by Crippen LogP contribution is -1.96. The minimum Gasteiger partial charge on any atom is -0.399 e. The largest absolute Gasteiger partial charge is 0.433 e. The summed E-state index contributed by atoms with van der Waals surface area (Å²) in [7, 11) is 1.68. The second-order valence-corrected chi connectivity index (χ2v) is 4.05. The molecule has 2 rings (SSSR count). The molecule has 2 aromatic heterocycles. The fourth-order valence-electron chi connectivity index (χ4n) is 1.55. The summed E-state index contributed by atoms with van der Waals surface area (Å²) < 4.78 is 6.58. The number of oxime groups is 1. The van der Waals surface area contributed by atoms with Crippen LogP contribution >= 0.6 is 0 Å². The highest BCUT2D eigenvalue weighted by molar-refractivity contribution is 5.87. The van der Waals surface area contributed by atoms with Gasteiger partial charge in [0.05, 0.1) is 12.3 Å². The first-order chi connectivity index (χ1) is 10.0. The summed E-state index contributed by atoms with van der Waals surface area (Å²) in [6.07, 6.45) is 3.12. The molecule has 0 aliphatic carbocycles. The van der Waals surface area contributed by atoms with Gasteiger partial charge in [0.2, 0.25) is 0 Å². The summed E-state index contributed by atoms with van der Waals surface area (Å²) in [5.41, 5.74) is 0.868. The second-order valence-electron chi connectivity index (χ2n) is 4.05. The van der Waals surface area contributed by atoms with E-state index >= 15 is 0 Å². The summed E-state index contributed by atoms with van der Waals surface area (Å²) in [5, 5.41) is 18.3. The zero-order chi connectivity index (χ0) is 15.4. The lowest BCUT2D eigenvalue weighted by Gasteiger charge is -1.93. The van der Waals surface area contributed by atoms with E-state index in [0.717, 1.165) is 0 Å². The van der Waals surface area contributed by atoms with Gasteiger partial charge in [-0.25, -0.2) is 4.79 Å². The lowest BCUT2D eigenvalue weighted by molar-refractivity contribution is -0.401. The van der Waals surface area contributed by atoms with Gasteiger partial charge in [-0.1, -0.05) is 12.1 Å². The topological polar surface area (TPSA) is 113 Å². The molecule has 0 saturated heterocycles. The first kappa shape index (κ1) is 14.4. The molecule has 0 N–H and O–H groups in total. The van der Waals surface area contributed by atoms with Crippen LogP contribution in [0.15, 0.2) is 27.9 Å². The van der Waals surface area contributed by atoms with E-state index in [1.54, 1.807) is 20.2 Å². The van der Waals surface area contributed by atoms with Gasteiger partial charge in [-0.15, -0.1) is 0 Å². The number of carbonyl (C=O) groups is 1. The molecule has 0 saturated carbocycles. The Hall–Kier alpha value is -2.97. The van der Waals surface area contributed by atoms with Crippen molar-refractivity contribution in [2.24, 2.45) is 12.2 Å². The quantitative estimate of drug-likeness (QED) is 0.360. The summed E-state index contributed by atoms with van der Waals surface area (Å²) in [6, 6.07) is 2.68. The number of aryl methyl sites for hydroxylation is 1. The van der Waals surface area contributed by atoms with E-state index in [4.69, 9.17) is 4.42 Å². The maximum Gasteiger partial charge on any atom is 0.433 e. The third-order valence-electron chi connectivity index (χ3n) is 2.50. The Kier molecular flexibility index (Phi) is 4.12. The average Bonchev–Trinajstić information content (AvgIpc) is 3.05. The molecule has 110 valence electrons. The van der Waals surface area contributed by atoms with Crippen LogP contribution in [-0.4, -0.2) is 26.9 Å². The van der Waals surface area contributed by atoms with Crippen LogP contribution in [0.25, 0.3) is 11.5 Å². The number of hydrogen-bond acceptors (Lipinski definition) is 7. The Morgan fingerprint density at radius 1 is 1.62 bits per heavy atom. The average molecular weight is 292 g/mol. The Labute approximate surface area is 118 Å². The van der Waals surface area contributed by atoms with Crippen molar-refractivity contribution in [3.05, 3.63) is 34.0 Å². The molecule has 0 unspecified atom stereocenters. The zero-order valence-corrected chi connectivity index (χ0v) is 11.3. The predicted octanol–water partition coefficient (Wildman–Crippen LogP) is 1.88. The van der Waals surface area contributed by atoms with Crippen LogP contribution in [0, 0.1) is 10.1 Å². The molecule has 0 spiro atoms. The Morgan fingerprint density at radius 2 is 2.38 bits per heavy atom. The molecular weight excluding hydrogens is 280 g/mol. The van der Waals surface area contributed by atoms with Crippen molar-refractivity contribution < 1.29 is 19.0 Å². The van der Waals surface area contributed by atoms with Crippen molar-refractivity contribution in [3.63, 3.8) is 0 Å². The van der Waals surface area contributed by atoms with Gasteiger partial charge in [0.1, 0.15) is 10.6 Å². The maximum absolute atomic E-state index is 11.0. The van der Waals surface area contributed by atoms with Crippen LogP contribution in [0.1, 0.15) is 18.9 Å². The number of furan rings is 1. The maximum atomic E-state index is 11.0. The van der Waals surface area contributed by atoms with Crippen molar-refractivity contribution in [1.82, 2.24) is 9.78 Å². The summed E-state index contributed by atoms with van der Waals surface area (Å²) in [4.78, 5) is 25.6. The van der Waals surface area contributed by atoms with E-state index in [-0.39, 0.29) is 18.1 Å². The van der Waals surface area contributed by atoms with Crippen molar-refractivity contribution in [3.8, 4) is 11.5 Å². The van der Waals surface area contributed by atoms with Crippen molar-refractivity contribution in [1.29, 1.82) is 0 Å². The molecule has 0 atom stereocenters. The highest BCUT2D eigenvalue weighted by Crippen LogP contribution is 2.26. The molecule has 2 aromatic rings. The predicted molar refractivity (Wildman–Crippen MR) is 71.5 cm³/mol. The van der Waals surface area contributed by atoms with Crippen LogP contribution in [0.3, 0.4) is 0 Å². The number of aromatic nitrogens is 2. The summed E-state index contributed by atoms with van der Waals surface area (Å²) >= 11 is 0. The van der Waals surface area contributed by atoms with Gasteiger partial charge in [0.15, 0.2) is 5.76 Å². The minimum atomic E-state index is -0.636. The van der Waals surface area contributed by atoms with E-state index in [1.165, 1.54) is 23.0 Å². The molecule has 9 heteroatoms. The van der Waals surface area contributed by atoms with Crippen LogP contribution < -0.4 is 0 Å². The fourth-order valence-corrected chi connectivity index (χ4v) is 1.55. The number of rotatable bonds is 5. The molecule has 0 radical (unpaired) electrons. The first-order valence-corrected chi connectivity index (χ1v) is 6.02. The molecule has 0 aromatic carbocycles. The number of carbonyl (C=O) groups excluding carboxylic acids is 1. The smallest absolute Gasteiger partial charge is 0.399 e. The van der Waals surface area contributed by atoms with Crippen molar-refractivity contribution in [2.45, 2.75) is 13.3 Å². The molecule has 0 fully saturated rings. The Morgan fingerprint density at radius 3 is 3.00 bits per heavy atom. The highest BCUT2D eigenvalue weighted by atomic mass is 16.7. The monoisotopic (exact) mass is 292 g/mol. The van der Waals surface area contributed by atoms with Gasteiger partial charge >= 0.3 is 11.9 Å². The van der Waals surface area contributed by atoms with E-state index in [9.17, 15) is 14.9 Å². The molecule has 9 nitrogen and oxygen atoms in total. The third kappa shape index (κ3) is 3.32. The molecule has 0 aliphatic heterocycles. The van der Waals surface area contributed by atoms with Crippen LogP contribution in [-0.2, 0) is 16.7 Å².